The second kappa shape index (κ2) is 14.4. The molecule has 4 nitrogen and oxygen atoms in total. The van der Waals surface area contributed by atoms with Gasteiger partial charge in [-0.3, -0.25) is 0 Å². The maximum Gasteiger partial charge on any atom is 0.0666 e. The van der Waals surface area contributed by atoms with Crippen LogP contribution < -0.4 is 10.2 Å². The summed E-state index contributed by atoms with van der Waals surface area (Å²) in [5.74, 6) is -2.37. The van der Waals surface area contributed by atoms with Crippen molar-refractivity contribution in [3.05, 3.63) is 24.3 Å². The molecular formula is C13H22O4-2. The van der Waals surface area contributed by atoms with E-state index in [0.29, 0.717) is 0 Å². The van der Waals surface area contributed by atoms with E-state index in [9.17, 15) is 19.8 Å². The van der Waals surface area contributed by atoms with Crippen LogP contribution in [0.5, 0.6) is 0 Å². The van der Waals surface area contributed by atoms with E-state index >= 15 is 0 Å². The van der Waals surface area contributed by atoms with E-state index in [1.165, 1.54) is 33.1 Å². The van der Waals surface area contributed by atoms with Crippen LogP contribution in [0.4, 0.5) is 0 Å². The van der Waals surface area contributed by atoms with Gasteiger partial charge in [0, 0.05) is 0 Å². The van der Waals surface area contributed by atoms with Crippen LogP contribution in [0, 0.1) is 0 Å². The van der Waals surface area contributed by atoms with E-state index in [-0.39, 0.29) is 11.1 Å². The van der Waals surface area contributed by atoms with Gasteiger partial charge in [0.25, 0.3) is 0 Å². The van der Waals surface area contributed by atoms with Crippen molar-refractivity contribution in [2.45, 2.75) is 47.0 Å². The average Bonchev–Trinajstić information content (AvgIpc) is 2.20. The summed E-state index contributed by atoms with van der Waals surface area (Å²) in [5, 5.41) is 19.0. The summed E-state index contributed by atoms with van der Waals surface area (Å²) in [7, 11) is 0. The number of rotatable bonds is 4. The van der Waals surface area contributed by atoms with Crippen molar-refractivity contribution in [1.29, 1.82) is 0 Å². The Labute approximate surface area is 104 Å². The lowest BCUT2D eigenvalue weighted by atomic mass is 10.3. The summed E-state index contributed by atoms with van der Waals surface area (Å²) in [6, 6.07) is 0. The average molecular weight is 242 g/mol. The van der Waals surface area contributed by atoms with E-state index in [0.717, 1.165) is 0 Å². The Balaban J connectivity index is -0.000000174. The van der Waals surface area contributed by atoms with Gasteiger partial charge in [0.05, 0.1) is 11.9 Å². The number of aliphatic carboxylic acids is 2. The molecule has 4 heteroatoms. The van der Waals surface area contributed by atoms with Gasteiger partial charge in [-0.15, -0.1) is 0 Å². The predicted molar refractivity (Wildman–Crippen MR) is 64.8 cm³/mol. The Morgan fingerprint density at radius 3 is 1.06 bits per heavy atom. The van der Waals surface area contributed by atoms with Crippen molar-refractivity contribution in [3.8, 4) is 0 Å². The zero-order valence-corrected chi connectivity index (χ0v) is 11.2. The smallest absolute Gasteiger partial charge is 0.0666 e. The van der Waals surface area contributed by atoms with Gasteiger partial charge in [0.2, 0.25) is 0 Å². The molecule has 0 unspecified atom stereocenters. The third kappa shape index (κ3) is 31.4. The highest BCUT2D eigenvalue weighted by molar-refractivity contribution is 5.83. The highest BCUT2D eigenvalue weighted by Gasteiger charge is 1.76. The van der Waals surface area contributed by atoms with Crippen LogP contribution in [0.2, 0.25) is 0 Å². The molecule has 0 aromatic heterocycles. The van der Waals surface area contributed by atoms with E-state index < -0.39 is 11.9 Å². The lowest BCUT2D eigenvalue weighted by molar-refractivity contribution is -0.300. The quantitative estimate of drug-likeness (QED) is 0.683. The highest BCUT2D eigenvalue weighted by Crippen LogP contribution is 1.88. The molecule has 0 aliphatic rings. The molecule has 100 valence electrons. The molecule has 0 saturated carbocycles. The second-order valence-corrected chi connectivity index (χ2v) is 3.49. The minimum absolute atomic E-state index is 0.0648. The van der Waals surface area contributed by atoms with Gasteiger partial charge in [-0.2, -0.15) is 0 Å². The number of carboxylic acids is 2. The van der Waals surface area contributed by atoms with Gasteiger partial charge in [-0.05, 0) is 25.0 Å². The van der Waals surface area contributed by atoms with Gasteiger partial charge in [0.1, 0.15) is 0 Å². The summed E-state index contributed by atoms with van der Waals surface area (Å²) in [6.07, 6.45) is 4.08. The van der Waals surface area contributed by atoms with Crippen molar-refractivity contribution in [3.63, 3.8) is 0 Å². The maximum atomic E-state index is 9.49. The maximum absolute atomic E-state index is 9.49. The summed E-state index contributed by atoms with van der Waals surface area (Å²) in [6.45, 7) is 13.4. The third-order valence-electron chi connectivity index (χ3n) is 1.40. The SMILES string of the molecule is C=C(C)C(=O)[O-].C=C(C)C(=O)[O-].CCCCC. The largest absolute Gasteiger partial charge is 0.545 e. The second-order valence-electron chi connectivity index (χ2n) is 3.49. The predicted octanol–water partition coefficient (Wildman–Crippen LogP) is 0.821. The van der Waals surface area contributed by atoms with Crippen LogP contribution >= 0.6 is 0 Å². The van der Waals surface area contributed by atoms with Crippen molar-refractivity contribution in [2.75, 3.05) is 0 Å². The molecule has 0 spiro atoms. The number of hydrogen-bond donors (Lipinski definition) is 0. The molecule has 0 heterocycles. The monoisotopic (exact) mass is 242 g/mol. The highest BCUT2D eigenvalue weighted by atomic mass is 16.4. The van der Waals surface area contributed by atoms with E-state index in [1.54, 1.807) is 0 Å². The third-order valence-corrected chi connectivity index (χ3v) is 1.40. The molecule has 0 N–H and O–H groups in total. The topological polar surface area (TPSA) is 80.3 Å². The number of carbonyl (C=O) groups is 2. The lowest BCUT2D eigenvalue weighted by Gasteiger charge is -1.93. The summed E-state index contributed by atoms with van der Waals surface area (Å²) < 4.78 is 0. The summed E-state index contributed by atoms with van der Waals surface area (Å²) >= 11 is 0. The Morgan fingerprint density at radius 2 is 1.06 bits per heavy atom. The fourth-order valence-corrected chi connectivity index (χ4v) is 0.354. The van der Waals surface area contributed by atoms with Crippen LogP contribution in [-0.2, 0) is 9.59 Å². The molecular weight excluding hydrogens is 220 g/mol. The first kappa shape index (κ1) is 20.8. The molecule has 0 atom stereocenters. The lowest BCUT2D eigenvalue weighted by Crippen LogP contribution is -2.22. The first-order valence-electron chi connectivity index (χ1n) is 5.44. The molecule has 0 aliphatic heterocycles. The molecule has 17 heavy (non-hydrogen) atoms. The van der Waals surface area contributed by atoms with Crippen molar-refractivity contribution >= 4 is 11.9 Å². The van der Waals surface area contributed by atoms with Gasteiger partial charge in [-0.25, -0.2) is 0 Å². The van der Waals surface area contributed by atoms with Crippen molar-refractivity contribution < 1.29 is 19.8 Å². The Hall–Kier alpha value is -1.58. The number of carbonyl (C=O) groups excluding carboxylic acids is 2. The van der Waals surface area contributed by atoms with Crippen LogP contribution in [-0.4, -0.2) is 11.9 Å². The number of unbranched alkanes of at least 4 members (excludes halogenated alkanes) is 2. The minimum atomic E-state index is -1.19. The van der Waals surface area contributed by atoms with Gasteiger partial charge >= 0.3 is 0 Å². The molecule has 0 bridgehead atoms. The van der Waals surface area contributed by atoms with Crippen LogP contribution in [0.25, 0.3) is 0 Å². The molecule has 0 saturated heterocycles. The molecule has 0 radical (unpaired) electrons. The number of hydrogen-bond acceptors (Lipinski definition) is 4. The van der Waals surface area contributed by atoms with Crippen LogP contribution in [0.15, 0.2) is 24.3 Å². The van der Waals surface area contributed by atoms with Gasteiger partial charge < -0.3 is 19.8 Å². The van der Waals surface area contributed by atoms with E-state index in [1.807, 2.05) is 0 Å². The van der Waals surface area contributed by atoms with Gasteiger partial charge in [0.15, 0.2) is 0 Å². The molecule has 0 aliphatic carbocycles. The standard InChI is InChI=1S/C5H12.2C4H6O2/c1-3-5-4-2;2*1-3(2)4(5)6/h3-5H2,1-2H3;2*1H2,2H3,(H,5,6)/p-2. The summed E-state index contributed by atoms with van der Waals surface area (Å²) in [4.78, 5) is 19.0. The molecule has 0 fully saturated rings. The fourth-order valence-electron chi connectivity index (χ4n) is 0.354. The first-order valence-corrected chi connectivity index (χ1v) is 5.44. The van der Waals surface area contributed by atoms with Crippen molar-refractivity contribution in [2.24, 2.45) is 0 Å². The molecule has 0 aromatic carbocycles. The Kier molecular flexibility index (Phi) is 17.6. The molecule has 0 aromatic rings. The molecule has 0 rings (SSSR count). The Morgan fingerprint density at radius 1 is 0.882 bits per heavy atom. The van der Waals surface area contributed by atoms with Gasteiger partial charge in [-0.1, -0.05) is 46.3 Å². The molecule has 0 amide bonds. The van der Waals surface area contributed by atoms with Crippen LogP contribution in [0.3, 0.4) is 0 Å². The normalized spacial score (nSPS) is 7.76. The Bertz CT molecular complexity index is 204. The van der Waals surface area contributed by atoms with E-state index in [2.05, 4.69) is 27.0 Å². The van der Waals surface area contributed by atoms with Crippen molar-refractivity contribution in [1.82, 2.24) is 0 Å². The van der Waals surface area contributed by atoms with E-state index in [4.69, 9.17) is 0 Å². The zero-order valence-electron chi connectivity index (χ0n) is 11.2. The zero-order chi connectivity index (χ0) is 14.4. The summed E-state index contributed by atoms with van der Waals surface area (Å²) in [5.41, 5.74) is 0.130. The minimum Gasteiger partial charge on any atom is -0.545 e. The first-order chi connectivity index (χ1) is 7.70. The fraction of sp³-hybridized carbons (Fsp3) is 0.538. The number of carboxylic acid groups (broad SMARTS) is 2. The van der Waals surface area contributed by atoms with Crippen LogP contribution in [0.1, 0.15) is 47.0 Å².